The minimum Gasteiger partial charge on any atom is -0.440 e. The lowest BCUT2D eigenvalue weighted by Gasteiger charge is -2.20. The highest BCUT2D eigenvalue weighted by atomic mass is 16.5. The molecule has 1 aliphatic heterocycles. The third-order valence-electron chi connectivity index (χ3n) is 3.44. The van der Waals surface area contributed by atoms with E-state index in [1.54, 1.807) is 12.1 Å². The second-order valence-electron chi connectivity index (χ2n) is 4.79. The first-order valence-corrected chi connectivity index (χ1v) is 6.42. The molecule has 1 atom stereocenters. The molecular formula is C14H14N2O4. The van der Waals surface area contributed by atoms with Gasteiger partial charge in [-0.15, -0.1) is 0 Å². The molecular weight excluding hydrogens is 260 g/mol. The van der Waals surface area contributed by atoms with Crippen LogP contribution in [0.5, 0.6) is 11.6 Å². The van der Waals surface area contributed by atoms with Gasteiger partial charge < -0.3 is 9.84 Å². The molecule has 1 aliphatic rings. The zero-order valence-corrected chi connectivity index (χ0v) is 10.9. The normalized spacial score (nSPS) is 14.1. The van der Waals surface area contributed by atoms with E-state index in [0.29, 0.717) is 24.2 Å². The van der Waals surface area contributed by atoms with Crippen molar-refractivity contribution in [3.05, 3.63) is 55.7 Å². The Kier molecular flexibility index (Phi) is 2.94. The minimum absolute atomic E-state index is 0.190. The smallest absolute Gasteiger partial charge is 0.328 e. The Morgan fingerprint density at radius 2 is 2.15 bits per heavy atom. The Morgan fingerprint density at radius 1 is 1.35 bits per heavy atom. The lowest BCUT2D eigenvalue weighted by Crippen LogP contribution is -2.28. The van der Waals surface area contributed by atoms with Gasteiger partial charge in [-0.05, 0) is 24.1 Å². The molecule has 0 spiro atoms. The lowest BCUT2D eigenvalue weighted by molar-refractivity contribution is 0.173. The SMILES string of the molecule is CCC(O)c1ccc2c(c1)Cc1c([nH]c(=O)[nH]c1=O)O2. The first kappa shape index (κ1) is 12.7. The molecule has 0 saturated heterocycles. The summed E-state index contributed by atoms with van der Waals surface area (Å²) in [5.41, 5.74) is 0.963. The molecule has 104 valence electrons. The fourth-order valence-corrected chi connectivity index (χ4v) is 2.32. The van der Waals surface area contributed by atoms with Crippen LogP contribution in [0.3, 0.4) is 0 Å². The highest BCUT2D eigenvalue weighted by molar-refractivity contribution is 5.47. The van der Waals surface area contributed by atoms with Crippen molar-refractivity contribution >= 4 is 0 Å². The number of aromatic amines is 2. The number of hydrogen-bond acceptors (Lipinski definition) is 4. The van der Waals surface area contributed by atoms with Crippen molar-refractivity contribution in [3.8, 4) is 11.6 Å². The number of ether oxygens (including phenoxy) is 1. The summed E-state index contributed by atoms with van der Waals surface area (Å²) < 4.78 is 5.55. The Morgan fingerprint density at radius 3 is 2.90 bits per heavy atom. The standard InChI is InChI=1S/C14H14N2O4/c1-2-10(17)7-3-4-11-8(5-7)6-9-12(18)15-14(19)16-13(9)20-11/h3-5,10,17H,2,6H2,1H3,(H2,15,16,18,19). The predicted octanol–water partition coefficient (Wildman–Crippen LogP) is 1.20. The summed E-state index contributed by atoms with van der Waals surface area (Å²) in [5.74, 6) is 0.779. The van der Waals surface area contributed by atoms with Crippen molar-refractivity contribution in [3.63, 3.8) is 0 Å². The maximum atomic E-state index is 11.8. The van der Waals surface area contributed by atoms with E-state index in [9.17, 15) is 14.7 Å². The second-order valence-corrected chi connectivity index (χ2v) is 4.79. The molecule has 1 aromatic heterocycles. The quantitative estimate of drug-likeness (QED) is 0.654. The molecule has 1 aromatic carbocycles. The van der Waals surface area contributed by atoms with E-state index in [-0.39, 0.29) is 5.88 Å². The topological polar surface area (TPSA) is 95.2 Å². The molecule has 0 fully saturated rings. The molecule has 0 radical (unpaired) electrons. The fourth-order valence-electron chi connectivity index (χ4n) is 2.32. The average Bonchev–Trinajstić information content (AvgIpc) is 2.44. The first-order valence-electron chi connectivity index (χ1n) is 6.42. The van der Waals surface area contributed by atoms with Crippen LogP contribution >= 0.6 is 0 Å². The maximum absolute atomic E-state index is 11.8. The molecule has 0 saturated carbocycles. The number of aliphatic hydroxyl groups is 1. The van der Waals surface area contributed by atoms with Crippen LogP contribution in [0.1, 0.15) is 36.1 Å². The van der Waals surface area contributed by atoms with Gasteiger partial charge in [0.2, 0.25) is 5.88 Å². The van der Waals surface area contributed by atoms with Crippen molar-refractivity contribution in [2.75, 3.05) is 0 Å². The third kappa shape index (κ3) is 2.04. The van der Waals surface area contributed by atoms with Crippen molar-refractivity contribution in [2.45, 2.75) is 25.9 Å². The highest BCUT2D eigenvalue weighted by Crippen LogP contribution is 2.34. The summed E-state index contributed by atoms with van der Waals surface area (Å²) >= 11 is 0. The number of fused-ring (bicyclic) bond motifs is 2. The molecule has 0 bridgehead atoms. The van der Waals surface area contributed by atoms with Crippen LogP contribution in [0.15, 0.2) is 27.8 Å². The van der Waals surface area contributed by atoms with Crippen molar-refractivity contribution in [2.24, 2.45) is 0 Å². The number of benzene rings is 1. The molecule has 3 rings (SSSR count). The largest absolute Gasteiger partial charge is 0.440 e. The molecule has 0 aliphatic carbocycles. The lowest BCUT2D eigenvalue weighted by atomic mass is 9.98. The van der Waals surface area contributed by atoms with Crippen LogP contribution in [0.2, 0.25) is 0 Å². The van der Waals surface area contributed by atoms with Gasteiger partial charge in [-0.1, -0.05) is 13.0 Å². The highest BCUT2D eigenvalue weighted by Gasteiger charge is 2.22. The van der Waals surface area contributed by atoms with Gasteiger partial charge in [0.05, 0.1) is 11.7 Å². The van der Waals surface area contributed by atoms with E-state index < -0.39 is 17.4 Å². The Bertz CT molecular complexity index is 775. The number of aromatic nitrogens is 2. The molecule has 2 heterocycles. The summed E-state index contributed by atoms with van der Waals surface area (Å²) in [6, 6.07) is 5.35. The number of hydrogen-bond donors (Lipinski definition) is 3. The van der Waals surface area contributed by atoms with Gasteiger partial charge in [0, 0.05) is 12.0 Å². The summed E-state index contributed by atoms with van der Waals surface area (Å²) in [7, 11) is 0. The van der Waals surface area contributed by atoms with E-state index in [0.717, 1.165) is 11.1 Å². The minimum atomic E-state index is -0.588. The molecule has 1 unspecified atom stereocenters. The van der Waals surface area contributed by atoms with E-state index in [1.807, 2.05) is 13.0 Å². The van der Waals surface area contributed by atoms with E-state index in [4.69, 9.17) is 4.74 Å². The summed E-state index contributed by atoms with van der Waals surface area (Å²) in [4.78, 5) is 27.7. The van der Waals surface area contributed by atoms with E-state index in [2.05, 4.69) is 9.97 Å². The summed E-state index contributed by atoms with van der Waals surface area (Å²) in [6.45, 7) is 1.89. The molecule has 0 amide bonds. The van der Waals surface area contributed by atoms with Gasteiger partial charge in [0.15, 0.2) is 0 Å². The van der Waals surface area contributed by atoms with Crippen LogP contribution in [-0.4, -0.2) is 15.1 Å². The van der Waals surface area contributed by atoms with Gasteiger partial charge in [-0.25, -0.2) is 4.79 Å². The molecule has 6 heteroatoms. The fraction of sp³-hybridized carbons (Fsp3) is 0.286. The van der Waals surface area contributed by atoms with Crippen molar-refractivity contribution in [1.29, 1.82) is 0 Å². The Balaban J connectivity index is 2.07. The molecule has 6 nitrogen and oxygen atoms in total. The van der Waals surface area contributed by atoms with Gasteiger partial charge in [-0.2, -0.15) is 0 Å². The van der Waals surface area contributed by atoms with E-state index >= 15 is 0 Å². The van der Waals surface area contributed by atoms with E-state index in [1.165, 1.54) is 0 Å². The number of aliphatic hydroxyl groups excluding tert-OH is 1. The zero-order chi connectivity index (χ0) is 14.3. The Hall–Kier alpha value is -2.34. The van der Waals surface area contributed by atoms with Gasteiger partial charge in [0.25, 0.3) is 5.56 Å². The maximum Gasteiger partial charge on any atom is 0.328 e. The monoisotopic (exact) mass is 274 g/mol. The van der Waals surface area contributed by atoms with Crippen LogP contribution in [-0.2, 0) is 6.42 Å². The average molecular weight is 274 g/mol. The Labute approximate surface area is 114 Å². The number of rotatable bonds is 2. The van der Waals surface area contributed by atoms with Gasteiger partial charge >= 0.3 is 5.69 Å². The zero-order valence-electron chi connectivity index (χ0n) is 10.9. The third-order valence-corrected chi connectivity index (χ3v) is 3.44. The van der Waals surface area contributed by atoms with Crippen molar-refractivity contribution in [1.82, 2.24) is 9.97 Å². The second kappa shape index (κ2) is 4.64. The number of H-pyrrole nitrogens is 2. The van der Waals surface area contributed by atoms with Crippen LogP contribution in [0, 0.1) is 0 Å². The molecule has 3 N–H and O–H groups in total. The predicted molar refractivity (Wildman–Crippen MR) is 72.3 cm³/mol. The molecule has 2 aromatic rings. The first-order chi connectivity index (χ1) is 9.58. The van der Waals surface area contributed by atoms with Crippen LogP contribution in [0.4, 0.5) is 0 Å². The summed E-state index contributed by atoms with van der Waals surface area (Å²) in [5, 5.41) is 9.86. The molecule has 20 heavy (non-hydrogen) atoms. The van der Waals surface area contributed by atoms with Crippen LogP contribution < -0.4 is 16.0 Å². The number of nitrogens with one attached hydrogen (secondary N) is 2. The van der Waals surface area contributed by atoms with Crippen LogP contribution in [0.25, 0.3) is 0 Å². The van der Waals surface area contributed by atoms with Gasteiger partial charge in [-0.3, -0.25) is 14.8 Å². The summed E-state index contributed by atoms with van der Waals surface area (Å²) in [6.07, 6.45) is 0.445. The van der Waals surface area contributed by atoms with Gasteiger partial charge in [0.1, 0.15) is 5.75 Å². The van der Waals surface area contributed by atoms with Crippen molar-refractivity contribution < 1.29 is 9.84 Å².